The van der Waals surface area contributed by atoms with E-state index >= 15 is 0 Å². The van der Waals surface area contributed by atoms with Gasteiger partial charge in [-0.1, -0.05) is 12.6 Å². The summed E-state index contributed by atoms with van der Waals surface area (Å²) in [5, 5.41) is 8.76. The van der Waals surface area contributed by atoms with Crippen molar-refractivity contribution in [1.82, 2.24) is 30.0 Å². The van der Waals surface area contributed by atoms with Crippen molar-refractivity contribution in [2.45, 2.75) is 63.6 Å². The zero-order valence-electron chi connectivity index (χ0n) is 30.3. The number of rotatable bonds is 11. The van der Waals surface area contributed by atoms with Gasteiger partial charge in [-0.05, 0) is 86.3 Å². The number of benzene rings is 2. The van der Waals surface area contributed by atoms with Gasteiger partial charge < -0.3 is 28.9 Å². The number of hydrogen-bond acceptors (Lipinski definition) is 9. The number of halogens is 3. The molecule has 4 aliphatic rings. The summed E-state index contributed by atoms with van der Waals surface area (Å²) in [6.07, 6.45) is 3.42. The molecule has 4 aromatic rings. The summed E-state index contributed by atoms with van der Waals surface area (Å²) < 4.78 is 59.9. The minimum atomic E-state index is -4.58. The van der Waals surface area contributed by atoms with Crippen molar-refractivity contribution in [2.24, 2.45) is 5.41 Å². The number of piperidine rings is 2. The van der Waals surface area contributed by atoms with Crippen molar-refractivity contribution in [1.29, 1.82) is 0 Å². The summed E-state index contributed by atoms with van der Waals surface area (Å²) in [5.74, 6) is 0.834. The first-order chi connectivity index (χ1) is 25.5. The van der Waals surface area contributed by atoms with Crippen LogP contribution in [0.3, 0.4) is 0 Å². The van der Waals surface area contributed by atoms with Crippen molar-refractivity contribution >= 4 is 33.5 Å². The number of amides is 1. The van der Waals surface area contributed by atoms with Gasteiger partial charge in [0, 0.05) is 74.7 Å². The maximum absolute atomic E-state index is 14.1. The van der Waals surface area contributed by atoms with E-state index in [9.17, 15) is 18.0 Å². The minimum Gasteiger partial charge on any atom is -0.481 e. The van der Waals surface area contributed by atoms with Gasteiger partial charge in [-0.15, -0.1) is 0 Å². The van der Waals surface area contributed by atoms with Crippen LogP contribution in [0.1, 0.15) is 55.6 Å². The first kappa shape index (κ1) is 35.6. The smallest absolute Gasteiger partial charge is 0.422 e. The van der Waals surface area contributed by atoms with E-state index in [2.05, 4.69) is 32.6 Å². The number of methoxy groups -OCH3 is 1. The molecule has 1 spiro atoms. The number of anilines is 1. The molecule has 4 fully saturated rings. The number of fused-ring (bicyclic) bond motifs is 2. The number of ether oxygens (including phenoxy) is 3. The molecule has 1 aliphatic carbocycles. The summed E-state index contributed by atoms with van der Waals surface area (Å²) >= 11 is 0. The van der Waals surface area contributed by atoms with Crippen molar-refractivity contribution in [2.75, 3.05) is 71.0 Å². The molecule has 1 N–H and O–H groups in total. The van der Waals surface area contributed by atoms with E-state index in [1.54, 1.807) is 13.3 Å². The number of aromatic amines is 1. The van der Waals surface area contributed by atoms with Crippen LogP contribution in [0, 0.1) is 12.3 Å². The molecule has 53 heavy (non-hydrogen) atoms. The molecule has 8 rings (SSSR count). The van der Waals surface area contributed by atoms with Crippen LogP contribution in [0.2, 0.25) is 0 Å². The van der Waals surface area contributed by atoms with Gasteiger partial charge in [0.25, 0.3) is 0 Å². The fourth-order valence-corrected chi connectivity index (χ4v) is 8.42. The molecular formula is C39H46F3N7O4. The fraction of sp³-hybridized carbons (Fsp3) is 0.538. The zero-order valence-corrected chi connectivity index (χ0v) is 30.3. The number of alkyl halides is 3. The van der Waals surface area contributed by atoms with E-state index in [0.29, 0.717) is 55.1 Å². The van der Waals surface area contributed by atoms with Gasteiger partial charge in [0.15, 0.2) is 12.4 Å². The van der Waals surface area contributed by atoms with Gasteiger partial charge in [-0.25, -0.2) is 0 Å². The van der Waals surface area contributed by atoms with Crippen LogP contribution in [0.25, 0.3) is 32.9 Å². The van der Waals surface area contributed by atoms with Crippen molar-refractivity contribution < 1.29 is 32.2 Å². The molecule has 11 nitrogen and oxygen atoms in total. The van der Waals surface area contributed by atoms with Gasteiger partial charge in [0.1, 0.15) is 17.4 Å². The Kier molecular flexibility index (Phi) is 9.46. The highest BCUT2D eigenvalue weighted by atomic mass is 19.4. The Labute approximate surface area is 306 Å². The lowest BCUT2D eigenvalue weighted by molar-refractivity contribution is -0.153. The quantitative estimate of drug-likeness (QED) is 0.175. The molecular weight excluding hydrogens is 687 g/mol. The van der Waals surface area contributed by atoms with Crippen molar-refractivity contribution in [3.63, 3.8) is 0 Å². The van der Waals surface area contributed by atoms with Gasteiger partial charge in [0.2, 0.25) is 5.91 Å². The third-order valence-corrected chi connectivity index (χ3v) is 11.5. The van der Waals surface area contributed by atoms with Crippen LogP contribution in [0.4, 0.5) is 19.0 Å². The van der Waals surface area contributed by atoms with Gasteiger partial charge in [-0.3, -0.25) is 9.89 Å². The fourth-order valence-electron chi connectivity index (χ4n) is 8.42. The van der Waals surface area contributed by atoms with E-state index in [-0.39, 0.29) is 35.1 Å². The van der Waals surface area contributed by atoms with Crippen LogP contribution in [0.15, 0.2) is 37.1 Å². The standard InChI is InChI=1S/C39H46F3N7O4/c1-4-31(50)48-15-11-38(12-16-48)21-49(22-38)36-28-19-27(25-6-7-25)33(32-24(2)5-8-30-29(32)20-43-46-30)35(52-23-39(40,41)42)34(28)44-37(45-36)53-26-9-13-47(14-10-26)17-18-51-3/h4-5,8,19-20,25-26H,1,6-7,9-18,21-23H2,2-3H3,(H,43,46). The van der Waals surface area contributed by atoms with E-state index in [1.165, 1.54) is 6.08 Å². The number of likely N-dealkylation sites (tertiary alicyclic amines) is 2. The molecule has 0 atom stereocenters. The van der Waals surface area contributed by atoms with E-state index in [1.807, 2.05) is 24.0 Å². The van der Waals surface area contributed by atoms with Gasteiger partial charge in [0.05, 0.1) is 18.3 Å². The Balaban J connectivity index is 1.24. The molecule has 1 amide bonds. The first-order valence-corrected chi connectivity index (χ1v) is 18.6. The van der Waals surface area contributed by atoms with Crippen LogP contribution >= 0.6 is 0 Å². The predicted molar refractivity (Wildman–Crippen MR) is 196 cm³/mol. The number of aryl methyl sites for hydroxylation is 1. The number of nitrogens with one attached hydrogen (secondary N) is 1. The summed E-state index contributed by atoms with van der Waals surface area (Å²) in [4.78, 5) is 28.6. The highest BCUT2D eigenvalue weighted by Crippen LogP contribution is 2.54. The number of nitrogens with zero attached hydrogens (tertiary/aromatic N) is 6. The van der Waals surface area contributed by atoms with Crippen LogP contribution in [-0.4, -0.2) is 114 Å². The Morgan fingerprint density at radius 3 is 2.49 bits per heavy atom. The highest BCUT2D eigenvalue weighted by Gasteiger charge is 2.47. The molecule has 0 unspecified atom stereocenters. The average molecular weight is 734 g/mol. The lowest BCUT2D eigenvalue weighted by Gasteiger charge is -2.54. The van der Waals surface area contributed by atoms with Crippen LogP contribution in [0.5, 0.6) is 11.8 Å². The van der Waals surface area contributed by atoms with Crippen LogP contribution in [-0.2, 0) is 9.53 Å². The lowest BCUT2D eigenvalue weighted by Crippen LogP contribution is -2.61. The highest BCUT2D eigenvalue weighted by molar-refractivity contribution is 6.06. The van der Waals surface area contributed by atoms with E-state index in [0.717, 1.165) is 85.8 Å². The lowest BCUT2D eigenvalue weighted by atomic mass is 9.72. The summed E-state index contributed by atoms with van der Waals surface area (Å²) in [6, 6.07) is 6.11. The Morgan fingerprint density at radius 1 is 1.06 bits per heavy atom. The third-order valence-electron chi connectivity index (χ3n) is 11.5. The largest absolute Gasteiger partial charge is 0.481 e. The molecule has 5 heterocycles. The molecule has 3 saturated heterocycles. The van der Waals surface area contributed by atoms with Crippen LogP contribution < -0.4 is 14.4 Å². The number of hydrogen-bond donors (Lipinski definition) is 1. The number of carbonyl (C=O) groups excluding carboxylic acids is 1. The molecule has 1 saturated carbocycles. The maximum atomic E-state index is 14.1. The minimum absolute atomic E-state index is 0.00813. The summed E-state index contributed by atoms with van der Waals surface area (Å²) in [5.41, 5.74) is 4.33. The number of carbonyl (C=O) groups is 1. The zero-order chi connectivity index (χ0) is 36.9. The predicted octanol–water partition coefficient (Wildman–Crippen LogP) is 6.40. The van der Waals surface area contributed by atoms with Gasteiger partial charge >= 0.3 is 12.2 Å². The SMILES string of the molecule is C=CC(=O)N1CCC2(CC1)CN(c1nc(OC3CCN(CCOC)CC3)nc3c(OCC(F)(F)F)c(-c4c(C)ccc5[nH]ncc45)c(C4CC4)cc13)C2. The second kappa shape index (κ2) is 14.1. The maximum Gasteiger partial charge on any atom is 0.422 e. The Morgan fingerprint density at radius 2 is 1.81 bits per heavy atom. The second-order valence-electron chi connectivity index (χ2n) is 15.2. The third kappa shape index (κ3) is 7.15. The topological polar surface area (TPSA) is 109 Å². The molecule has 2 aromatic heterocycles. The number of H-pyrrole nitrogens is 1. The number of aromatic nitrogens is 4. The monoisotopic (exact) mass is 733 g/mol. The van der Waals surface area contributed by atoms with Crippen molar-refractivity contribution in [3.05, 3.63) is 48.2 Å². The molecule has 2 aromatic carbocycles. The Hall–Kier alpha value is -4.43. The average Bonchev–Trinajstić information content (AvgIpc) is 3.87. The molecule has 282 valence electrons. The summed E-state index contributed by atoms with van der Waals surface area (Å²) in [6.45, 7) is 10.0. The molecule has 3 aliphatic heterocycles. The molecule has 14 heteroatoms. The second-order valence-corrected chi connectivity index (χ2v) is 15.2. The normalized spacial score (nSPS) is 19.6. The van der Waals surface area contributed by atoms with Gasteiger partial charge in [-0.2, -0.15) is 28.2 Å². The Bertz CT molecular complexity index is 2010. The molecule has 0 radical (unpaired) electrons. The summed E-state index contributed by atoms with van der Waals surface area (Å²) in [7, 11) is 1.69. The molecule has 0 bridgehead atoms. The van der Waals surface area contributed by atoms with E-state index < -0.39 is 12.8 Å². The first-order valence-electron chi connectivity index (χ1n) is 18.6. The van der Waals surface area contributed by atoms with Crippen molar-refractivity contribution in [3.8, 4) is 22.9 Å². The van der Waals surface area contributed by atoms with E-state index in [4.69, 9.17) is 24.2 Å².